The molecule has 2 aromatic rings. The van der Waals surface area contributed by atoms with E-state index in [1.807, 2.05) is 0 Å². The van der Waals surface area contributed by atoms with Gasteiger partial charge in [-0.1, -0.05) is 0 Å². The predicted molar refractivity (Wildman–Crippen MR) is 60.0 cm³/mol. The maximum absolute atomic E-state index is 12.2. The molecule has 0 unspecified atom stereocenters. The largest absolute Gasteiger partial charge is 0.449 e. The van der Waals surface area contributed by atoms with Crippen LogP contribution in [0.25, 0.3) is 11.0 Å². The third-order valence-electron chi connectivity index (χ3n) is 1.77. The van der Waals surface area contributed by atoms with Gasteiger partial charge < -0.3 is 10.7 Å². The van der Waals surface area contributed by atoms with Crippen LogP contribution in [0, 0.1) is 0 Å². The molecule has 3 nitrogen and oxygen atoms in total. The zero-order valence-corrected chi connectivity index (χ0v) is 9.34. The third kappa shape index (κ3) is 2.70. The molecule has 0 spiro atoms. The average molecular weight is 274 g/mol. The van der Waals surface area contributed by atoms with Gasteiger partial charge in [0, 0.05) is 5.69 Å². The van der Waals surface area contributed by atoms with Crippen molar-refractivity contribution in [3.8, 4) is 0 Å². The van der Waals surface area contributed by atoms with Crippen molar-refractivity contribution in [1.29, 1.82) is 0 Å². The van der Waals surface area contributed by atoms with Crippen molar-refractivity contribution in [3.05, 3.63) is 24.0 Å². The topological polar surface area (TPSA) is 54.7 Å². The number of aromatic nitrogens is 2. The van der Waals surface area contributed by atoms with Gasteiger partial charge in [0.05, 0.1) is 11.0 Å². The van der Waals surface area contributed by atoms with Crippen LogP contribution in [0.2, 0.25) is 0 Å². The van der Waals surface area contributed by atoms with Crippen molar-refractivity contribution in [2.24, 2.45) is 0 Å². The summed E-state index contributed by atoms with van der Waals surface area (Å²) in [6.07, 6.45) is -4.45. The van der Waals surface area contributed by atoms with Gasteiger partial charge in [0.15, 0.2) is 0 Å². The first-order chi connectivity index (χ1) is 6.47. The Balaban J connectivity index is 0.00000112. The molecule has 8 heteroatoms. The van der Waals surface area contributed by atoms with Crippen molar-refractivity contribution in [1.82, 2.24) is 9.97 Å². The molecule has 3 N–H and O–H groups in total. The van der Waals surface area contributed by atoms with Gasteiger partial charge >= 0.3 is 6.18 Å². The molecule has 2 rings (SSSR count). The Morgan fingerprint density at radius 3 is 2.38 bits per heavy atom. The lowest BCUT2D eigenvalue weighted by Gasteiger charge is -1.98. The predicted octanol–water partition coefficient (Wildman–Crippen LogP) is 3.01. The highest BCUT2D eigenvalue weighted by Gasteiger charge is 2.34. The number of hydrogen-bond donors (Lipinski definition) is 2. The minimum Gasteiger partial charge on any atom is -0.399 e. The molecular formula is C8H8Cl2F3N3. The van der Waals surface area contributed by atoms with E-state index in [0.29, 0.717) is 5.69 Å². The third-order valence-corrected chi connectivity index (χ3v) is 1.77. The minimum atomic E-state index is -4.45. The van der Waals surface area contributed by atoms with Crippen molar-refractivity contribution in [2.75, 3.05) is 5.73 Å². The van der Waals surface area contributed by atoms with Gasteiger partial charge in [-0.25, -0.2) is 4.98 Å². The summed E-state index contributed by atoms with van der Waals surface area (Å²) >= 11 is 0. The standard InChI is InChI=1S/C8H6F3N3.2ClH/c9-8(10,11)7-13-5-2-1-4(12)3-6(5)14-7;;/h1-3H,12H2,(H,13,14);2*1H. The summed E-state index contributed by atoms with van der Waals surface area (Å²) in [5.74, 6) is -1.00. The summed E-state index contributed by atoms with van der Waals surface area (Å²) in [6, 6.07) is 4.36. The maximum atomic E-state index is 12.2. The number of H-pyrrole nitrogens is 1. The van der Waals surface area contributed by atoms with Gasteiger partial charge in [-0.2, -0.15) is 13.2 Å². The summed E-state index contributed by atoms with van der Waals surface area (Å²) < 4.78 is 36.6. The molecule has 90 valence electrons. The SMILES string of the molecule is Cl.Cl.Nc1ccc2nc(C(F)(F)F)[nH]c2c1. The van der Waals surface area contributed by atoms with Crippen LogP contribution < -0.4 is 5.73 Å². The van der Waals surface area contributed by atoms with Gasteiger partial charge in [-0.05, 0) is 18.2 Å². The monoisotopic (exact) mass is 273 g/mol. The van der Waals surface area contributed by atoms with E-state index in [4.69, 9.17) is 5.73 Å². The van der Waals surface area contributed by atoms with Gasteiger partial charge in [0.25, 0.3) is 0 Å². The molecule has 0 aliphatic rings. The van der Waals surface area contributed by atoms with Crippen molar-refractivity contribution in [2.45, 2.75) is 6.18 Å². The van der Waals surface area contributed by atoms with Crippen LogP contribution in [-0.2, 0) is 6.18 Å². The fourth-order valence-corrected chi connectivity index (χ4v) is 1.16. The fourth-order valence-electron chi connectivity index (χ4n) is 1.16. The van der Waals surface area contributed by atoms with Gasteiger partial charge in [0.1, 0.15) is 0 Å². The van der Waals surface area contributed by atoms with Gasteiger partial charge in [-0.15, -0.1) is 24.8 Å². The van der Waals surface area contributed by atoms with Crippen LogP contribution in [0.15, 0.2) is 18.2 Å². The number of anilines is 1. The quantitative estimate of drug-likeness (QED) is 0.725. The van der Waals surface area contributed by atoms with Crippen LogP contribution in [0.1, 0.15) is 5.82 Å². The Bertz CT molecular complexity index is 481. The Morgan fingerprint density at radius 1 is 1.19 bits per heavy atom. The van der Waals surface area contributed by atoms with Crippen molar-refractivity contribution >= 4 is 41.5 Å². The highest BCUT2D eigenvalue weighted by molar-refractivity contribution is 5.85. The average Bonchev–Trinajstić information content (AvgIpc) is 2.45. The summed E-state index contributed by atoms with van der Waals surface area (Å²) in [5.41, 5.74) is 6.36. The first-order valence-electron chi connectivity index (χ1n) is 3.79. The maximum Gasteiger partial charge on any atom is 0.449 e. The summed E-state index contributed by atoms with van der Waals surface area (Å²) in [7, 11) is 0. The molecule has 0 atom stereocenters. The Labute approximate surface area is 101 Å². The molecule has 0 aliphatic heterocycles. The van der Waals surface area contributed by atoms with Crippen LogP contribution in [-0.4, -0.2) is 9.97 Å². The van der Waals surface area contributed by atoms with E-state index in [2.05, 4.69) is 9.97 Å². The molecule has 1 aromatic heterocycles. The molecular weight excluding hydrogens is 266 g/mol. The fraction of sp³-hybridized carbons (Fsp3) is 0.125. The molecule has 0 fully saturated rings. The second kappa shape index (κ2) is 4.80. The zero-order chi connectivity index (χ0) is 10.3. The molecule has 0 aliphatic carbocycles. The highest BCUT2D eigenvalue weighted by Crippen LogP contribution is 2.28. The summed E-state index contributed by atoms with van der Waals surface area (Å²) in [6.45, 7) is 0. The van der Waals surface area contributed by atoms with Crippen molar-refractivity contribution < 1.29 is 13.2 Å². The normalized spacial score (nSPS) is 10.7. The lowest BCUT2D eigenvalue weighted by molar-refractivity contribution is -0.144. The summed E-state index contributed by atoms with van der Waals surface area (Å²) in [5, 5.41) is 0. The number of rotatable bonds is 0. The van der Waals surface area contributed by atoms with Crippen LogP contribution in [0.3, 0.4) is 0 Å². The smallest absolute Gasteiger partial charge is 0.399 e. The molecule has 0 radical (unpaired) electrons. The molecule has 0 saturated heterocycles. The second-order valence-electron chi connectivity index (χ2n) is 2.86. The lowest BCUT2D eigenvalue weighted by atomic mass is 10.3. The van der Waals surface area contributed by atoms with E-state index in [-0.39, 0.29) is 35.8 Å². The number of fused-ring (bicyclic) bond motifs is 1. The number of nitrogens with one attached hydrogen (secondary N) is 1. The second-order valence-corrected chi connectivity index (χ2v) is 2.86. The first kappa shape index (κ1) is 14.9. The zero-order valence-electron chi connectivity index (χ0n) is 7.71. The molecule has 0 bridgehead atoms. The molecule has 0 saturated carbocycles. The Morgan fingerprint density at radius 2 is 1.81 bits per heavy atom. The van der Waals surface area contributed by atoms with E-state index in [0.717, 1.165) is 0 Å². The Kier molecular flexibility index (Phi) is 4.45. The van der Waals surface area contributed by atoms with Crippen LogP contribution in [0.4, 0.5) is 18.9 Å². The minimum absolute atomic E-state index is 0. The number of halogens is 5. The Hall–Kier alpha value is -1.14. The molecule has 0 amide bonds. The van der Waals surface area contributed by atoms with Gasteiger partial charge in [0.2, 0.25) is 5.82 Å². The number of imidazole rings is 1. The number of aromatic amines is 1. The van der Waals surface area contributed by atoms with E-state index >= 15 is 0 Å². The number of benzene rings is 1. The number of nitrogens with zero attached hydrogens (tertiary/aromatic N) is 1. The van der Waals surface area contributed by atoms with E-state index in [1.165, 1.54) is 18.2 Å². The van der Waals surface area contributed by atoms with Gasteiger partial charge in [-0.3, -0.25) is 0 Å². The van der Waals surface area contributed by atoms with E-state index < -0.39 is 12.0 Å². The molecule has 1 aromatic carbocycles. The number of nitrogens with two attached hydrogens (primary N) is 1. The van der Waals surface area contributed by atoms with Crippen LogP contribution >= 0.6 is 24.8 Å². The number of nitrogen functional groups attached to an aromatic ring is 1. The van der Waals surface area contributed by atoms with E-state index in [1.54, 1.807) is 0 Å². The highest BCUT2D eigenvalue weighted by atomic mass is 35.5. The van der Waals surface area contributed by atoms with Crippen LogP contribution in [0.5, 0.6) is 0 Å². The van der Waals surface area contributed by atoms with E-state index in [9.17, 15) is 13.2 Å². The molecule has 1 heterocycles. The number of alkyl halides is 3. The van der Waals surface area contributed by atoms with Crippen molar-refractivity contribution in [3.63, 3.8) is 0 Å². The first-order valence-corrected chi connectivity index (χ1v) is 3.79. The summed E-state index contributed by atoms with van der Waals surface area (Å²) in [4.78, 5) is 5.55. The lowest BCUT2D eigenvalue weighted by Crippen LogP contribution is -2.06. The molecule has 16 heavy (non-hydrogen) atoms. The number of hydrogen-bond acceptors (Lipinski definition) is 2.